The molecule has 0 aromatic carbocycles. The first-order valence-electron chi connectivity index (χ1n) is 4.39. The van der Waals surface area contributed by atoms with Crippen LogP contribution >= 0.6 is 0 Å². The Morgan fingerprint density at radius 2 is 2.29 bits per heavy atom. The number of aromatic nitrogens is 1. The lowest BCUT2D eigenvalue weighted by atomic mass is 10.4. The molecule has 0 saturated carbocycles. The zero-order chi connectivity index (χ0) is 13.1. The molecule has 92 valence electrons. The zero-order valence-corrected chi connectivity index (χ0v) is 9.48. The highest BCUT2D eigenvalue weighted by molar-refractivity contribution is 7.89. The monoisotopic (exact) mass is 258 g/mol. The van der Waals surface area contributed by atoms with E-state index in [4.69, 9.17) is 5.73 Å². The Morgan fingerprint density at radius 1 is 1.65 bits per heavy atom. The van der Waals surface area contributed by atoms with E-state index < -0.39 is 25.7 Å². The molecular weight excluding hydrogens is 248 g/mol. The van der Waals surface area contributed by atoms with Gasteiger partial charge in [0.05, 0.1) is 5.69 Å². The van der Waals surface area contributed by atoms with Crippen LogP contribution in [0.5, 0.6) is 0 Å². The molecule has 1 heterocycles. The van der Waals surface area contributed by atoms with Crippen LogP contribution in [0.2, 0.25) is 0 Å². The Labute approximate surface area is 97.4 Å². The summed E-state index contributed by atoms with van der Waals surface area (Å²) in [6, 6.07) is 0.983. The number of nitrogen functional groups attached to an aromatic ring is 1. The molecule has 1 rings (SSSR count). The highest BCUT2D eigenvalue weighted by atomic mass is 32.2. The molecule has 0 atom stereocenters. The van der Waals surface area contributed by atoms with Gasteiger partial charge in [0, 0.05) is 6.54 Å². The highest BCUT2D eigenvalue weighted by Crippen LogP contribution is 2.22. The van der Waals surface area contributed by atoms with Crippen LogP contribution in [0.25, 0.3) is 0 Å². The molecule has 0 bridgehead atoms. The number of nitrogens with two attached hydrogens (primary N) is 1. The van der Waals surface area contributed by atoms with Crippen molar-refractivity contribution in [2.45, 2.75) is 4.90 Å². The third-order valence-electron chi connectivity index (χ3n) is 1.73. The normalized spacial score (nSPS) is 11.1. The molecule has 9 heteroatoms. The Kier molecular flexibility index (Phi) is 3.76. The van der Waals surface area contributed by atoms with Gasteiger partial charge < -0.3 is 15.8 Å². The summed E-state index contributed by atoms with van der Waals surface area (Å²) in [5, 5.41) is 10.6. The molecule has 0 fully saturated rings. The van der Waals surface area contributed by atoms with Crippen molar-refractivity contribution >= 4 is 21.5 Å². The standard InChI is InChI=1S/C8H10N4O4S/c1-2-3-11-17(15,16)7-4-6(9)5-10-8(7)12(13)14/h2,4-5,11H,1,3,9H2. The number of nitro groups is 1. The highest BCUT2D eigenvalue weighted by Gasteiger charge is 2.26. The van der Waals surface area contributed by atoms with Crippen molar-refractivity contribution in [3.05, 3.63) is 35.0 Å². The number of hydrogen-bond donors (Lipinski definition) is 2. The van der Waals surface area contributed by atoms with E-state index in [9.17, 15) is 18.5 Å². The van der Waals surface area contributed by atoms with Gasteiger partial charge in [-0.15, -0.1) is 6.58 Å². The molecule has 8 nitrogen and oxygen atoms in total. The van der Waals surface area contributed by atoms with Crippen LogP contribution in [-0.4, -0.2) is 24.9 Å². The molecule has 0 unspecified atom stereocenters. The minimum atomic E-state index is -4.03. The number of anilines is 1. The fraction of sp³-hybridized carbons (Fsp3) is 0.125. The van der Waals surface area contributed by atoms with Crippen molar-refractivity contribution < 1.29 is 13.3 Å². The maximum atomic E-state index is 11.7. The van der Waals surface area contributed by atoms with Crippen LogP contribution in [0.1, 0.15) is 0 Å². The Bertz CT molecular complexity index is 555. The molecule has 0 radical (unpaired) electrons. The first-order valence-corrected chi connectivity index (χ1v) is 5.87. The lowest BCUT2D eigenvalue weighted by Gasteiger charge is -2.05. The molecule has 0 aliphatic carbocycles. The maximum absolute atomic E-state index is 11.7. The number of hydrogen-bond acceptors (Lipinski definition) is 6. The second-order valence-corrected chi connectivity index (χ2v) is 4.72. The van der Waals surface area contributed by atoms with Crippen LogP contribution in [-0.2, 0) is 10.0 Å². The van der Waals surface area contributed by atoms with Crippen molar-refractivity contribution in [3.63, 3.8) is 0 Å². The van der Waals surface area contributed by atoms with Crippen LogP contribution in [0.15, 0.2) is 29.8 Å². The molecule has 0 saturated heterocycles. The first-order chi connectivity index (χ1) is 7.88. The Balaban J connectivity index is 3.33. The number of sulfonamides is 1. The fourth-order valence-electron chi connectivity index (χ4n) is 1.03. The maximum Gasteiger partial charge on any atom is 0.383 e. The van der Waals surface area contributed by atoms with Gasteiger partial charge in [-0.2, -0.15) is 0 Å². The molecule has 1 aromatic rings. The summed E-state index contributed by atoms with van der Waals surface area (Å²) in [7, 11) is -4.03. The van der Waals surface area contributed by atoms with Crippen molar-refractivity contribution in [2.24, 2.45) is 0 Å². The molecule has 0 spiro atoms. The Hall–Kier alpha value is -2.00. The fourth-order valence-corrected chi connectivity index (χ4v) is 2.19. The van der Waals surface area contributed by atoms with E-state index in [0.29, 0.717) is 0 Å². The van der Waals surface area contributed by atoms with E-state index in [1.54, 1.807) is 0 Å². The molecule has 1 aromatic heterocycles. The third-order valence-corrected chi connectivity index (χ3v) is 3.16. The van der Waals surface area contributed by atoms with Gasteiger partial charge in [-0.05, 0) is 16.0 Å². The lowest BCUT2D eigenvalue weighted by molar-refractivity contribution is -0.392. The van der Waals surface area contributed by atoms with Gasteiger partial charge in [0.1, 0.15) is 0 Å². The van der Waals surface area contributed by atoms with Crippen LogP contribution in [0.3, 0.4) is 0 Å². The SMILES string of the molecule is C=CCNS(=O)(=O)c1cc(N)cnc1[N+](=O)[O-]. The van der Waals surface area contributed by atoms with Gasteiger partial charge in [0.15, 0.2) is 11.1 Å². The number of nitrogens with zero attached hydrogens (tertiary/aromatic N) is 2. The molecule has 0 amide bonds. The third kappa shape index (κ3) is 2.98. The molecule has 17 heavy (non-hydrogen) atoms. The van der Waals surface area contributed by atoms with Crippen molar-refractivity contribution in [3.8, 4) is 0 Å². The number of pyridine rings is 1. The van der Waals surface area contributed by atoms with Crippen molar-refractivity contribution in [2.75, 3.05) is 12.3 Å². The lowest BCUT2D eigenvalue weighted by Crippen LogP contribution is -2.25. The number of rotatable bonds is 5. The molecule has 3 N–H and O–H groups in total. The average molecular weight is 258 g/mol. The van der Waals surface area contributed by atoms with E-state index in [1.807, 2.05) is 0 Å². The smallest absolute Gasteiger partial charge is 0.383 e. The van der Waals surface area contributed by atoms with E-state index >= 15 is 0 Å². The van der Waals surface area contributed by atoms with E-state index in [0.717, 1.165) is 12.3 Å². The van der Waals surface area contributed by atoms with Gasteiger partial charge in [-0.1, -0.05) is 6.08 Å². The van der Waals surface area contributed by atoms with Gasteiger partial charge >= 0.3 is 5.82 Å². The quantitative estimate of drug-likeness (QED) is 0.435. The second-order valence-electron chi connectivity index (χ2n) is 2.99. The largest absolute Gasteiger partial charge is 0.396 e. The summed E-state index contributed by atoms with van der Waals surface area (Å²) in [5.74, 6) is -0.768. The summed E-state index contributed by atoms with van der Waals surface area (Å²) >= 11 is 0. The van der Waals surface area contributed by atoms with Crippen molar-refractivity contribution in [1.82, 2.24) is 9.71 Å². The summed E-state index contributed by atoms with van der Waals surface area (Å²) in [6.07, 6.45) is 2.33. The van der Waals surface area contributed by atoms with Gasteiger partial charge in [0.25, 0.3) is 0 Å². The summed E-state index contributed by atoms with van der Waals surface area (Å²) < 4.78 is 25.5. The van der Waals surface area contributed by atoms with Crippen LogP contribution in [0, 0.1) is 10.1 Å². The average Bonchev–Trinajstić information content (AvgIpc) is 2.26. The Morgan fingerprint density at radius 3 is 2.82 bits per heavy atom. The van der Waals surface area contributed by atoms with E-state index in [2.05, 4.69) is 16.3 Å². The minimum Gasteiger partial charge on any atom is -0.396 e. The van der Waals surface area contributed by atoms with Gasteiger partial charge in [-0.3, -0.25) is 0 Å². The molecule has 0 aliphatic heterocycles. The number of nitrogens with one attached hydrogen (secondary N) is 1. The van der Waals surface area contributed by atoms with Gasteiger partial charge in [0.2, 0.25) is 10.0 Å². The van der Waals surface area contributed by atoms with Crippen molar-refractivity contribution in [1.29, 1.82) is 0 Å². The first kappa shape index (κ1) is 13.1. The summed E-state index contributed by atoms with van der Waals surface area (Å²) in [6.45, 7) is 3.28. The minimum absolute atomic E-state index is 0.0228. The second kappa shape index (κ2) is 4.89. The summed E-state index contributed by atoms with van der Waals surface area (Å²) in [4.78, 5) is 12.6. The predicted octanol–water partition coefficient (Wildman–Crippen LogP) is 0.0363. The van der Waals surface area contributed by atoms with E-state index in [-0.39, 0.29) is 12.2 Å². The zero-order valence-electron chi connectivity index (χ0n) is 8.66. The molecule has 0 aliphatic rings. The predicted molar refractivity (Wildman–Crippen MR) is 60.7 cm³/mol. The topological polar surface area (TPSA) is 128 Å². The van der Waals surface area contributed by atoms with E-state index in [1.165, 1.54) is 6.08 Å². The van der Waals surface area contributed by atoms with Gasteiger partial charge in [-0.25, -0.2) is 13.1 Å². The molecular formula is C8H10N4O4S. The summed E-state index contributed by atoms with van der Waals surface area (Å²) in [5.41, 5.74) is 5.38. The van der Waals surface area contributed by atoms with Crippen LogP contribution < -0.4 is 10.5 Å². The van der Waals surface area contributed by atoms with Crippen LogP contribution in [0.4, 0.5) is 11.5 Å².